The number of hydrogen-bond acceptors (Lipinski definition) is 5. The van der Waals surface area contributed by atoms with Crippen LogP contribution in [0.2, 0.25) is 0 Å². The van der Waals surface area contributed by atoms with Gasteiger partial charge in [0.2, 0.25) is 0 Å². The SMILES string of the molecule is COCCOC(=O)c1ccccc1S(=O)(=O)Cl. The number of ether oxygens (including phenoxy) is 2. The second kappa shape index (κ2) is 6.00. The lowest BCUT2D eigenvalue weighted by atomic mass is 10.2. The molecular formula is C10H11ClO5S. The first-order chi connectivity index (χ1) is 7.96. The molecule has 0 aliphatic rings. The molecule has 0 aromatic heterocycles. The third-order valence-electron chi connectivity index (χ3n) is 1.89. The zero-order valence-electron chi connectivity index (χ0n) is 9.05. The van der Waals surface area contributed by atoms with Gasteiger partial charge in [0.1, 0.15) is 6.61 Å². The van der Waals surface area contributed by atoms with Gasteiger partial charge >= 0.3 is 5.97 Å². The summed E-state index contributed by atoms with van der Waals surface area (Å²) < 4.78 is 32.0. The Kier molecular flexibility index (Phi) is 4.92. The first-order valence-electron chi connectivity index (χ1n) is 4.66. The molecule has 0 atom stereocenters. The van der Waals surface area contributed by atoms with E-state index in [0.29, 0.717) is 0 Å². The maximum atomic E-state index is 11.6. The molecule has 0 radical (unpaired) electrons. The van der Waals surface area contributed by atoms with Crippen LogP contribution < -0.4 is 0 Å². The minimum absolute atomic E-state index is 0.0476. The van der Waals surface area contributed by atoms with Crippen molar-refractivity contribution in [3.8, 4) is 0 Å². The van der Waals surface area contributed by atoms with Gasteiger partial charge < -0.3 is 9.47 Å². The van der Waals surface area contributed by atoms with Crippen molar-refractivity contribution in [2.45, 2.75) is 4.90 Å². The highest BCUT2D eigenvalue weighted by Crippen LogP contribution is 2.20. The molecule has 0 saturated carbocycles. The first-order valence-corrected chi connectivity index (χ1v) is 6.97. The molecule has 0 fully saturated rings. The van der Waals surface area contributed by atoms with E-state index in [2.05, 4.69) is 0 Å². The van der Waals surface area contributed by atoms with Crippen LogP contribution in [0.4, 0.5) is 0 Å². The molecule has 0 N–H and O–H groups in total. The third-order valence-corrected chi connectivity index (χ3v) is 3.27. The average molecular weight is 279 g/mol. The van der Waals surface area contributed by atoms with E-state index in [1.165, 1.54) is 31.4 Å². The molecule has 0 heterocycles. The van der Waals surface area contributed by atoms with Crippen molar-refractivity contribution in [1.29, 1.82) is 0 Å². The van der Waals surface area contributed by atoms with Crippen LogP contribution in [0.3, 0.4) is 0 Å². The molecule has 5 nitrogen and oxygen atoms in total. The summed E-state index contributed by atoms with van der Waals surface area (Å²) in [6.07, 6.45) is 0. The van der Waals surface area contributed by atoms with Crippen LogP contribution in [0, 0.1) is 0 Å². The molecule has 0 unspecified atom stereocenters. The smallest absolute Gasteiger partial charge is 0.339 e. The molecule has 0 aliphatic heterocycles. The normalized spacial score (nSPS) is 11.2. The highest BCUT2D eigenvalue weighted by molar-refractivity contribution is 8.13. The molecule has 0 spiro atoms. The molecule has 17 heavy (non-hydrogen) atoms. The Bertz CT molecular complexity index is 497. The van der Waals surface area contributed by atoms with Crippen LogP contribution in [0.15, 0.2) is 29.2 Å². The Morgan fingerprint density at radius 1 is 1.29 bits per heavy atom. The van der Waals surface area contributed by atoms with Crippen molar-refractivity contribution in [1.82, 2.24) is 0 Å². The Hall–Kier alpha value is -1.11. The fourth-order valence-corrected chi connectivity index (χ4v) is 2.20. The van der Waals surface area contributed by atoms with E-state index in [-0.39, 0.29) is 23.7 Å². The number of hydrogen-bond donors (Lipinski definition) is 0. The Morgan fingerprint density at radius 2 is 1.94 bits per heavy atom. The zero-order valence-corrected chi connectivity index (χ0v) is 10.6. The average Bonchev–Trinajstić information content (AvgIpc) is 2.28. The summed E-state index contributed by atoms with van der Waals surface area (Å²) in [7, 11) is 2.70. The van der Waals surface area contributed by atoms with Gasteiger partial charge in [-0.05, 0) is 12.1 Å². The molecule has 1 aromatic carbocycles. The third kappa shape index (κ3) is 3.99. The van der Waals surface area contributed by atoms with E-state index >= 15 is 0 Å². The van der Waals surface area contributed by atoms with Gasteiger partial charge in [-0.15, -0.1) is 0 Å². The molecule has 0 amide bonds. The summed E-state index contributed by atoms with van der Waals surface area (Å²) in [5.41, 5.74) is -0.0846. The molecule has 94 valence electrons. The van der Waals surface area contributed by atoms with E-state index < -0.39 is 15.0 Å². The number of rotatable bonds is 5. The predicted octanol–water partition coefficient (Wildman–Crippen LogP) is 1.42. The zero-order chi connectivity index (χ0) is 12.9. The van der Waals surface area contributed by atoms with Gasteiger partial charge in [-0.1, -0.05) is 12.1 Å². The van der Waals surface area contributed by atoms with Crippen LogP contribution in [0.5, 0.6) is 0 Å². The van der Waals surface area contributed by atoms with Crippen molar-refractivity contribution in [2.24, 2.45) is 0 Å². The van der Waals surface area contributed by atoms with Gasteiger partial charge in [-0.2, -0.15) is 0 Å². The van der Waals surface area contributed by atoms with Gasteiger partial charge in [0.05, 0.1) is 17.1 Å². The lowest BCUT2D eigenvalue weighted by Crippen LogP contribution is -2.12. The summed E-state index contributed by atoms with van der Waals surface area (Å²) in [4.78, 5) is 11.3. The van der Waals surface area contributed by atoms with E-state index in [1.807, 2.05) is 0 Å². The second-order valence-electron chi connectivity index (χ2n) is 3.06. The number of carbonyl (C=O) groups excluding carboxylic acids is 1. The Balaban J connectivity index is 2.94. The van der Waals surface area contributed by atoms with Gasteiger partial charge in [0, 0.05) is 17.8 Å². The summed E-state index contributed by atoms with van der Waals surface area (Å²) >= 11 is 0. The van der Waals surface area contributed by atoms with Gasteiger partial charge in [0.25, 0.3) is 9.05 Å². The summed E-state index contributed by atoms with van der Waals surface area (Å²) in [6, 6.07) is 5.58. The predicted molar refractivity (Wildman–Crippen MR) is 61.6 cm³/mol. The molecule has 0 aliphatic carbocycles. The fraction of sp³-hybridized carbons (Fsp3) is 0.300. The summed E-state index contributed by atoms with van der Waals surface area (Å²) in [5.74, 6) is -0.748. The monoisotopic (exact) mass is 278 g/mol. The molecular weight excluding hydrogens is 268 g/mol. The summed E-state index contributed by atoms with van der Waals surface area (Å²) in [6.45, 7) is 0.285. The lowest BCUT2D eigenvalue weighted by Gasteiger charge is -2.06. The highest BCUT2D eigenvalue weighted by Gasteiger charge is 2.20. The standard InChI is InChI=1S/C10H11ClO5S/c1-15-6-7-16-10(12)8-4-2-3-5-9(8)17(11,13)14/h2-5H,6-7H2,1H3. The van der Waals surface area contributed by atoms with E-state index in [0.717, 1.165) is 0 Å². The quantitative estimate of drug-likeness (QED) is 0.463. The largest absolute Gasteiger partial charge is 0.460 e. The minimum atomic E-state index is -3.97. The van der Waals surface area contributed by atoms with Crippen molar-refractivity contribution < 1.29 is 22.7 Å². The van der Waals surface area contributed by atoms with Crippen molar-refractivity contribution >= 4 is 25.7 Å². The molecule has 7 heteroatoms. The van der Waals surface area contributed by atoms with Gasteiger partial charge in [0.15, 0.2) is 0 Å². The van der Waals surface area contributed by atoms with Crippen molar-refractivity contribution in [2.75, 3.05) is 20.3 Å². The topological polar surface area (TPSA) is 69.7 Å². The number of carbonyl (C=O) groups is 1. The highest BCUT2D eigenvalue weighted by atomic mass is 35.7. The van der Waals surface area contributed by atoms with Crippen LogP contribution in [-0.4, -0.2) is 34.7 Å². The summed E-state index contributed by atoms with van der Waals surface area (Å²) in [5, 5.41) is 0. The maximum absolute atomic E-state index is 11.6. The van der Waals surface area contributed by atoms with Gasteiger partial charge in [-0.25, -0.2) is 13.2 Å². The molecule has 1 rings (SSSR count). The Labute approximate surface area is 104 Å². The van der Waals surface area contributed by atoms with E-state index in [4.69, 9.17) is 20.2 Å². The number of benzene rings is 1. The van der Waals surface area contributed by atoms with Crippen molar-refractivity contribution in [3.63, 3.8) is 0 Å². The second-order valence-corrected chi connectivity index (χ2v) is 5.60. The number of methoxy groups -OCH3 is 1. The van der Waals surface area contributed by atoms with Crippen LogP contribution in [0.1, 0.15) is 10.4 Å². The fourth-order valence-electron chi connectivity index (χ4n) is 1.14. The van der Waals surface area contributed by atoms with Crippen molar-refractivity contribution in [3.05, 3.63) is 29.8 Å². The van der Waals surface area contributed by atoms with Gasteiger partial charge in [-0.3, -0.25) is 0 Å². The number of halogens is 1. The van der Waals surface area contributed by atoms with Crippen LogP contribution in [-0.2, 0) is 18.5 Å². The van der Waals surface area contributed by atoms with E-state index in [1.54, 1.807) is 0 Å². The molecule has 1 aromatic rings. The molecule has 0 saturated heterocycles. The minimum Gasteiger partial charge on any atom is -0.460 e. The van der Waals surface area contributed by atoms with Crippen LogP contribution >= 0.6 is 10.7 Å². The Morgan fingerprint density at radius 3 is 2.53 bits per heavy atom. The maximum Gasteiger partial charge on any atom is 0.339 e. The first kappa shape index (κ1) is 14.0. The lowest BCUT2D eigenvalue weighted by molar-refractivity contribution is 0.0384. The molecule has 0 bridgehead atoms. The van der Waals surface area contributed by atoms with E-state index in [9.17, 15) is 13.2 Å². The van der Waals surface area contributed by atoms with Crippen LogP contribution in [0.25, 0.3) is 0 Å². The number of esters is 1.